The Morgan fingerprint density at radius 2 is 0.755 bits per heavy atom. The first kappa shape index (κ1) is 41.2. The van der Waals surface area contributed by atoms with Gasteiger partial charge in [0.15, 0.2) is 0 Å². The average Bonchev–Trinajstić information content (AvgIpc) is 3.85. The third kappa shape index (κ3) is 13.1. The summed E-state index contributed by atoms with van der Waals surface area (Å²) in [6.45, 7) is 0. The molecule has 49 heavy (non-hydrogen) atoms. The average molecular weight is 782 g/mol. The summed E-state index contributed by atoms with van der Waals surface area (Å²) < 4.78 is 0. The van der Waals surface area contributed by atoms with Gasteiger partial charge >= 0.3 is 35.5 Å². The van der Waals surface area contributed by atoms with E-state index < -0.39 is 17.9 Å². The molecule has 6 aliphatic rings. The Morgan fingerprint density at radius 1 is 0.490 bits per heavy atom. The molecule has 15 nitrogen and oxygen atoms in total. The van der Waals surface area contributed by atoms with Crippen LogP contribution in [0.1, 0.15) is 77.0 Å². The molecule has 6 amide bonds. The third-order valence-corrected chi connectivity index (χ3v) is 13.7. The topological polar surface area (TPSA) is 244 Å². The number of aliphatic carboxylic acids is 3. The first-order chi connectivity index (χ1) is 23.0. The molecule has 1 radical (unpaired) electrons. The molecule has 0 aromatic rings. The number of unbranched alkanes of at least 4 members (excludes halogenated alkanes) is 3. The molecule has 6 aliphatic heterocycles. The molecule has 0 unspecified atom stereocenters. The van der Waals surface area contributed by atoms with Gasteiger partial charge in [0.05, 0.1) is 36.3 Å². The summed E-state index contributed by atoms with van der Waals surface area (Å²) in [5, 5.41) is 49.4. The second-order valence-electron chi connectivity index (χ2n) is 12.7. The summed E-state index contributed by atoms with van der Waals surface area (Å²) >= 11 is 5.56. The SMILES string of the molecule is O=C([O-])CCCC[C@@H]1SC[C@@H]2NC(=O)N[C@@H]21.O=C([O-])CCCC[C@@H]1SC[C@@H]2NC(=O)N[C@@H]21.O=C([O-])CCCC[C@@H]1SC[C@@H]2NC(=O)N[C@@H]21.[Cr+3]. The van der Waals surface area contributed by atoms with Crippen molar-refractivity contribution in [2.24, 2.45) is 0 Å². The molecule has 9 atom stereocenters. The van der Waals surface area contributed by atoms with E-state index in [0.29, 0.717) is 35.0 Å². The minimum Gasteiger partial charge on any atom is -0.550 e. The van der Waals surface area contributed by atoms with Crippen molar-refractivity contribution in [2.75, 3.05) is 17.3 Å². The van der Waals surface area contributed by atoms with Crippen LogP contribution in [0.3, 0.4) is 0 Å². The molecule has 6 saturated heterocycles. The number of hydrogen-bond acceptors (Lipinski definition) is 12. The van der Waals surface area contributed by atoms with Crippen LogP contribution >= 0.6 is 35.3 Å². The number of hydrogen-bond donors (Lipinski definition) is 6. The van der Waals surface area contributed by atoms with Gasteiger partial charge in [-0.2, -0.15) is 35.3 Å². The number of carboxylic acids is 3. The number of carboxylic acid groups (broad SMARTS) is 3. The molecular formula is C30H45CrN6O9S3. The van der Waals surface area contributed by atoms with E-state index in [1.165, 1.54) is 0 Å². The van der Waals surface area contributed by atoms with E-state index in [9.17, 15) is 44.1 Å². The Balaban J connectivity index is 0.000000197. The van der Waals surface area contributed by atoms with Crippen molar-refractivity contribution in [3.63, 3.8) is 0 Å². The monoisotopic (exact) mass is 781 g/mol. The van der Waals surface area contributed by atoms with Gasteiger partial charge in [-0.25, -0.2) is 14.4 Å². The van der Waals surface area contributed by atoms with Crippen molar-refractivity contribution in [1.82, 2.24) is 31.9 Å². The van der Waals surface area contributed by atoms with Crippen molar-refractivity contribution in [2.45, 2.75) is 129 Å². The second kappa shape index (κ2) is 20.6. The van der Waals surface area contributed by atoms with E-state index >= 15 is 0 Å². The molecular weight excluding hydrogens is 737 g/mol. The molecule has 0 aromatic carbocycles. The number of fused-ring (bicyclic) bond motifs is 3. The fourth-order valence-electron chi connectivity index (χ4n) is 6.77. The van der Waals surface area contributed by atoms with Crippen molar-refractivity contribution in [3.8, 4) is 0 Å². The van der Waals surface area contributed by atoms with Crippen LogP contribution in [0, 0.1) is 0 Å². The zero-order valence-corrected chi connectivity index (χ0v) is 30.8. The molecule has 6 heterocycles. The molecule has 0 aliphatic carbocycles. The van der Waals surface area contributed by atoms with E-state index in [1.54, 1.807) is 0 Å². The fourth-order valence-corrected chi connectivity index (χ4v) is 11.4. The maximum Gasteiger partial charge on any atom is 3.00 e. The Morgan fingerprint density at radius 3 is 1.00 bits per heavy atom. The predicted molar refractivity (Wildman–Crippen MR) is 177 cm³/mol. The molecule has 6 fully saturated rings. The van der Waals surface area contributed by atoms with E-state index in [2.05, 4.69) is 31.9 Å². The molecule has 19 heteroatoms. The van der Waals surface area contributed by atoms with Gasteiger partial charge in [-0.3, -0.25) is 0 Å². The first-order valence-corrected chi connectivity index (χ1v) is 19.8. The fraction of sp³-hybridized carbons (Fsp3) is 0.800. The maximum atomic E-state index is 11.1. The second-order valence-corrected chi connectivity index (χ2v) is 16.5. The van der Waals surface area contributed by atoms with Gasteiger partial charge < -0.3 is 61.6 Å². The van der Waals surface area contributed by atoms with Crippen LogP contribution in [0.15, 0.2) is 0 Å². The van der Waals surface area contributed by atoms with Crippen LogP contribution in [0.4, 0.5) is 14.4 Å². The summed E-state index contributed by atoms with van der Waals surface area (Å²) in [4.78, 5) is 64.0. The van der Waals surface area contributed by atoms with Crippen molar-refractivity contribution >= 4 is 71.3 Å². The van der Waals surface area contributed by atoms with Crippen LogP contribution in [-0.4, -0.2) is 105 Å². The van der Waals surface area contributed by atoms with E-state index in [0.717, 1.165) is 55.8 Å². The Labute approximate surface area is 309 Å². The summed E-state index contributed by atoms with van der Waals surface area (Å²) in [5.41, 5.74) is 0. The summed E-state index contributed by atoms with van der Waals surface area (Å²) in [6, 6.07) is 1.21. The van der Waals surface area contributed by atoms with Gasteiger partial charge in [0.2, 0.25) is 0 Å². The Bertz CT molecular complexity index is 1040. The van der Waals surface area contributed by atoms with Crippen molar-refractivity contribution < 1.29 is 61.4 Å². The smallest absolute Gasteiger partial charge is 0.550 e. The molecule has 0 saturated carbocycles. The van der Waals surface area contributed by atoms with Crippen LogP contribution < -0.4 is 47.2 Å². The number of amides is 6. The zero-order valence-electron chi connectivity index (χ0n) is 27.1. The Kier molecular flexibility index (Phi) is 17.3. The van der Waals surface area contributed by atoms with E-state index in [-0.39, 0.29) is 91.0 Å². The maximum absolute atomic E-state index is 11.1. The van der Waals surface area contributed by atoms with Crippen LogP contribution in [0.2, 0.25) is 0 Å². The molecule has 6 N–H and O–H groups in total. The van der Waals surface area contributed by atoms with Gasteiger partial charge in [0.25, 0.3) is 0 Å². The number of carbonyl (C=O) groups excluding carboxylic acids is 6. The standard InChI is InChI=1S/3C10H16N2O3S.Cr/c3*13-8(14)4-2-1-3-7-9-6(5-16-7)11-10(15)12-9;/h3*6-7,9H,1-5H2,(H,13,14)(H2,11,12,15);/q;;;+3/p-3/t3*6-,7-,9-;/m000./s1. The summed E-state index contributed by atoms with van der Waals surface area (Å²) in [5.74, 6) is -0.0779. The number of thioether (sulfide) groups is 3. The minimum absolute atomic E-state index is 0. The van der Waals surface area contributed by atoms with E-state index in [4.69, 9.17) is 0 Å². The summed E-state index contributed by atoms with van der Waals surface area (Å²) in [6.07, 6.45) is 7.92. The zero-order chi connectivity index (χ0) is 34.6. The number of nitrogens with one attached hydrogen (secondary N) is 6. The van der Waals surface area contributed by atoms with Crippen molar-refractivity contribution in [3.05, 3.63) is 0 Å². The third-order valence-electron chi connectivity index (χ3n) is 9.17. The normalized spacial score (nSPS) is 31.3. The molecule has 6 rings (SSSR count). The summed E-state index contributed by atoms with van der Waals surface area (Å²) in [7, 11) is 0. The number of rotatable bonds is 15. The molecule has 0 bridgehead atoms. The minimum atomic E-state index is -0.979. The first-order valence-electron chi connectivity index (χ1n) is 16.7. The number of urea groups is 3. The van der Waals surface area contributed by atoms with Crippen LogP contribution in [-0.2, 0) is 31.7 Å². The van der Waals surface area contributed by atoms with Gasteiger partial charge in [-0.1, -0.05) is 19.3 Å². The van der Waals surface area contributed by atoms with Gasteiger partial charge in [0, 0.05) is 50.9 Å². The van der Waals surface area contributed by atoms with Gasteiger partial charge in [0.1, 0.15) is 0 Å². The number of carbonyl (C=O) groups is 6. The molecule has 273 valence electrons. The molecule has 0 spiro atoms. The molecule has 0 aromatic heterocycles. The predicted octanol–water partition coefficient (Wildman–Crippen LogP) is -1.62. The van der Waals surface area contributed by atoms with Crippen LogP contribution in [0.5, 0.6) is 0 Å². The van der Waals surface area contributed by atoms with Crippen LogP contribution in [0.25, 0.3) is 0 Å². The Hall–Kier alpha value is -2.20. The van der Waals surface area contributed by atoms with Gasteiger partial charge in [-0.15, -0.1) is 0 Å². The van der Waals surface area contributed by atoms with E-state index in [1.807, 2.05) is 35.3 Å². The van der Waals surface area contributed by atoms with Crippen molar-refractivity contribution in [1.29, 1.82) is 0 Å². The largest absolute Gasteiger partial charge is 3.00 e. The quantitative estimate of drug-likeness (QED) is 0.0812. The van der Waals surface area contributed by atoms with Gasteiger partial charge in [-0.05, 0) is 57.8 Å².